The molecule has 1 aromatic heterocycles. The van der Waals surface area contributed by atoms with Crippen molar-refractivity contribution in [3.8, 4) is 0 Å². The molecule has 0 saturated heterocycles. The number of hydrogen-bond acceptors (Lipinski definition) is 4. The van der Waals surface area contributed by atoms with Gasteiger partial charge in [0.05, 0.1) is 10.7 Å². The van der Waals surface area contributed by atoms with Crippen LogP contribution in [0.4, 0.5) is 0 Å². The van der Waals surface area contributed by atoms with Crippen LogP contribution in [0, 0.1) is 13.8 Å². The van der Waals surface area contributed by atoms with E-state index >= 15 is 0 Å². The minimum atomic E-state index is 0.388. The fourth-order valence-electron chi connectivity index (χ4n) is 2.76. The first kappa shape index (κ1) is 14.1. The van der Waals surface area contributed by atoms with E-state index in [0.717, 1.165) is 11.6 Å². The summed E-state index contributed by atoms with van der Waals surface area (Å²) in [5.74, 6) is 1.83. The van der Waals surface area contributed by atoms with Crippen LogP contribution in [0.15, 0.2) is 29.2 Å². The van der Waals surface area contributed by atoms with Crippen LogP contribution >= 0.6 is 23.1 Å². The topological polar surface area (TPSA) is 24.9 Å². The minimum absolute atomic E-state index is 0.388. The molecule has 0 fully saturated rings. The van der Waals surface area contributed by atoms with E-state index in [1.165, 1.54) is 26.8 Å². The monoisotopic (exact) mass is 304 g/mol. The van der Waals surface area contributed by atoms with Crippen molar-refractivity contribution in [1.82, 2.24) is 10.3 Å². The lowest BCUT2D eigenvalue weighted by atomic mass is 10.0. The number of rotatable bonds is 4. The lowest BCUT2D eigenvalue weighted by Gasteiger charge is -2.17. The molecule has 0 aliphatic carbocycles. The molecule has 1 aromatic carbocycles. The predicted octanol–water partition coefficient (Wildman–Crippen LogP) is 4.30. The fourth-order valence-corrected chi connectivity index (χ4v) is 4.97. The summed E-state index contributed by atoms with van der Waals surface area (Å²) in [6.07, 6.45) is 0. The van der Waals surface area contributed by atoms with Gasteiger partial charge >= 0.3 is 0 Å². The second-order valence-electron chi connectivity index (χ2n) is 5.36. The number of thioether (sulfide) groups is 1. The summed E-state index contributed by atoms with van der Waals surface area (Å²) in [4.78, 5) is 7.35. The molecule has 3 rings (SSSR count). The highest BCUT2D eigenvalue weighted by Crippen LogP contribution is 2.39. The normalized spacial score (nSPS) is 19.1. The Morgan fingerprint density at radius 3 is 2.90 bits per heavy atom. The Bertz CT molecular complexity index is 606. The SMILES string of the molecule is Cc1nc(C)c(C(C)NCC2CSc3ccccc32)s1. The van der Waals surface area contributed by atoms with Crippen molar-refractivity contribution in [2.45, 2.75) is 37.6 Å². The Morgan fingerprint density at radius 1 is 1.35 bits per heavy atom. The summed E-state index contributed by atoms with van der Waals surface area (Å²) < 4.78 is 0. The Morgan fingerprint density at radius 2 is 2.15 bits per heavy atom. The zero-order valence-electron chi connectivity index (χ0n) is 12.1. The summed E-state index contributed by atoms with van der Waals surface area (Å²) >= 11 is 3.79. The highest BCUT2D eigenvalue weighted by atomic mass is 32.2. The third-order valence-electron chi connectivity index (χ3n) is 3.80. The molecule has 2 atom stereocenters. The maximum absolute atomic E-state index is 4.52. The molecule has 2 nitrogen and oxygen atoms in total. The number of aryl methyl sites for hydroxylation is 2. The molecular weight excluding hydrogens is 284 g/mol. The van der Waals surface area contributed by atoms with Gasteiger partial charge in [0, 0.05) is 34.0 Å². The van der Waals surface area contributed by atoms with Gasteiger partial charge in [0.15, 0.2) is 0 Å². The zero-order chi connectivity index (χ0) is 14.1. The van der Waals surface area contributed by atoms with Crippen molar-refractivity contribution in [1.29, 1.82) is 0 Å². The van der Waals surface area contributed by atoms with E-state index in [0.29, 0.717) is 12.0 Å². The van der Waals surface area contributed by atoms with E-state index in [1.807, 2.05) is 23.1 Å². The van der Waals surface area contributed by atoms with Crippen molar-refractivity contribution >= 4 is 23.1 Å². The van der Waals surface area contributed by atoms with Crippen molar-refractivity contribution in [2.24, 2.45) is 0 Å². The van der Waals surface area contributed by atoms with E-state index in [-0.39, 0.29) is 0 Å². The lowest BCUT2D eigenvalue weighted by molar-refractivity contribution is 0.544. The van der Waals surface area contributed by atoms with Crippen molar-refractivity contribution in [2.75, 3.05) is 12.3 Å². The van der Waals surface area contributed by atoms with Gasteiger partial charge in [-0.05, 0) is 32.4 Å². The van der Waals surface area contributed by atoms with E-state index in [9.17, 15) is 0 Å². The summed E-state index contributed by atoms with van der Waals surface area (Å²) in [5.41, 5.74) is 2.68. The Labute approximate surface area is 129 Å². The largest absolute Gasteiger partial charge is 0.309 e. The molecule has 2 heterocycles. The smallest absolute Gasteiger partial charge is 0.0900 e. The summed E-state index contributed by atoms with van der Waals surface area (Å²) in [7, 11) is 0. The number of thiazole rings is 1. The third-order valence-corrected chi connectivity index (χ3v) is 6.31. The third kappa shape index (κ3) is 2.78. The second kappa shape index (κ2) is 5.88. The Hall–Kier alpha value is -0.840. The maximum Gasteiger partial charge on any atom is 0.0900 e. The zero-order valence-corrected chi connectivity index (χ0v) is 13.8. The number of benzene rings is 1. The van der Waals surface area contributed by atoms with Crippen LogP contribution in [0.5, 0.6) is 0 Å². The summed E-state index contributed by atoms with van der Waals surface area (Å²) in [6.45, 7) is 7.48. The van der Waals surface area contributed by atoms with Gasteiger partial charge in [0.2, 0.25) is 0 Å². The second-order valence-corrected chi connectivity index (χ2v) is 7.65. The van der Waals surface area contributed by atoms with Crippen LogP contribution in [0.2, 0.25) is 0 Å². The Kier molecular flexibility index (Phi) is 4.15. The first-order chi connectivity index (χ1) is 9.65. The molecular formula is C16H20N2S2. The van der Waals surface area contributed by atoms with Gasteiger partial charge in [-0.15, -0.1) is 23.1 Å². The first-order valence-electron chi connectivity index (χ1n) is 7.04. The maximum atomic E-state index is 4.52. The molecule has 2 unspecified atom stereocenters. The van der Waals surface area contributed by atoms with Gasteiger partial charge in [0.25, 0.3) is 0 Å². The molecule has 4 heteroatoms. The van der Waals surface area contributed by atoms with Crippen LogP contribution < -0.4 is 5.32 Å². The van der Waals surface area contributed by atoms with Crippen molar-refractivity contribution in [3.05, 3.63) is 45.4 Å². The number of nitrogens with zero attached hydrogens (tertiary/aromatic N) is 1. The van der Waals surface area contributed by atoms with Gasteiger partial charge in [-0.2, -0.15) is 0 Å². The summed E-state index contributed by atoms with van der Waals surface area (Å²) in [6, 6.07) is 9.18. The van der Waals surface area contributed by atoms with Crippen LogP contribution in [0.1, 0.15) is 40.0 Å². The standard InChI is InChI=1S/C16H20N2S2/c1-10(16-11(2)18-12(3)20-16)17-8-13-9-19-15-7-5-4-6-14(13)15/h4-7,10,13,17H,8-9H2,1-3H3. The highest BCUT2D eigenvalue weighted by Gasteiger charge is 2.23. The van der Waals surface area contributed by atoms with Gasteiger partial charge in [-0.3, -0.25) is 0 Å². The molecule has 106 valence electrons. The number of fused-ring (bicyclic) bond motifs is 1. The molecule has 0 bridgehead atoms. The average Bonchev–Trinajstić information content (AvgIpc) is 2.99. The predicted molar refractivity (Wildman–Crippen MR) is 87.9 cm³/mol. The van der Waals surface area contributed by atoms with E-state index in [1.54, 1.807) is 0 Å². The lowest BCUT2D eigenvalue weighted by Crippen LogP contribution is -2.24. The van der Waals surface area contributed by atoms with Gasteiger partial charge in [-0.1, -0.05) is 18.2 Å². The molecule has 2 aromatic rings. The number of hydrogen-bond donors (Lipinski definition) is 1. The van der Waals surface area contributed by atoms with Crippen LogP contribution in [-0.4, -0.2) is 17.3 Å². The quantitative estimate of drug-likeness (QED) is 0.911. The molecule has 0 radical (unpaired) electrons. The molecule has 1 aliphatic rings. The number of nitrogens with one attached hydrogen (secondary N) is 1. The van der Waals surface area contributed by atoms with Gasteiger partial charge in [-0.25, -0.2) is 4.98 Å². The highest BCUT2D eigenvalue weighted by molar-refractivity contribution is 7.99. The number of aromatic nitrogens is 1. The van der Waals surface area contributed by atoms with Crippen LogP contribution in [-0.2, 0) is 0 Å². The molecule has 1 N–H and O–H groups in total. The van der Waals surface area contributed by atoms with Gasteiger partial charge in [0.1, 0.15) is 0 Å². The molecule has 20 heavy (non-hydrogen) atoms. The van der Waals surface area contributed by atoms with E-state index < -0.39 is 0 Å². The average molecular weight is 304 g/mol. The fraction of sp³-hybridized carbons (Fsp3) is 0.438. The summed E-state index contributed by atoms with van der Waals surface area (Å²) in [5, 5.41) is 4.85. The van der Waals surface area contributed by atoms with Gasteiger partial charge < -0.3 is 5.32 Å². The Balaban J connectivity index is 1.65. The first-order valence-corrected chi connectivity index (χ1v) is 8.84. The van der Waals surface area contributed by atoms with Crippen molar-refractivity contribution in [3.63, 3.8) is 0 Å². The molecule has 0 spiro atoms. The molecule has 1 aliphatic heterocycles. The van der Waals surface area contributed by atoms with Crippen molar-refractivity contribution < 1.29 is 0 Å². The minimum Gasteiger partial charge on any atom is -0.309 e. The van der Waals surface area contributed by atoms with Crippen LogP contribution in [0.3, 0.4) is 0 Å². The van der Waals surface area contributed by atoms with E-state index in [2.05, 4.69) is 55.3 Å². The molecule has 0 amide bonds. The van der Waals surface area contributed by atoms with Crippen LogP contribution in [0.25, 0.3) is 0 Å². The van der Waals surface area contributed by atoms with E-state index in [4.69, 9.17) is 0 Å². The molecule has 0 saturated carbocycles.